The third-order valence-corrected chi connectivity index (χ3v) is 1.74. The first kappa shape index (κ1) is 13.4. The molecule has 0 aromatic heterocycles. The molecule has 0 saturated carbocycles. The number of carbonyl (C=O) groups is 2. The van der Waals surface area contributed by atoms with Crippen LogP contribution < -0.4 is 5.48 Å². The Morgan fingerprint density at radius 3 is 2.40 bits per heavy atom. The molecule has 0 aliphatic heterocycles. The number of nitrogens with one attached hydrogen (secondary N) is 1. The molecule has 0 spiro atoms. The van der Waals surface area contributed by atoms with Crippen molar-refractivity contribution in [3.63, 3.8) is 0 Å². The number of unbranched alkanes of at least 4 members (excludes halogenated alkanes) is 1. The molecule has 1 amide bonds. The van der Waals surface area contributed by atoms with E-state index in [-0.39, 0.29) is 5.57 Å². The number of rotatable bonds is 5. The van der Waals surface area contributed by atoms with Crippen LogP contribution in [0.2, 0.25) is 0 Å². The van der Waals surface area contributed by atoms with Crippen LogP contribution in [0.1, 0.15) is 33.1 Å². The van der Waals surface area contributed by atoms with Gasteiger partial charge < -0.3 is 4.84 Å². The fourth-order valence-electron chi connectivity index (χ4n) is 0.756. The minimum absolute atomic E-state index is 0.231. The molecule has 0 saturated heterocycles. The Balaban J connectivity index is 3.88. The molecular weight excluding hydrogens is 194 g/mol. The molecule has 0 bridgehead atoms. The summed E-state index contributed by atoms with van der Waals surface area (Å²) in [5.41, 5.74) is 2.66. The monoisotopic (exact) mass is 211 g/mol. The summed E-state index contributed by atoms with van der Waals surface area (Å²) in [5, 5.41) is 0. The van der Waals surface area contributed by atoms with Crippen molar-refractivity contribution in [3.05, 3.63) is 24.3 Å². The molecular formula is C11H17NO3. The van der Waals surface area contributed by atoms with Gasteiger partial charge >= 0.3 is 5.97 Å². The molecule has 4 heteroatoms. The van der Waals surface area contributed by atoms with Crippen LogP contribution in [-0.4, -0.2) is 11.9 Å². The van der Waals surface area contributed by atoms with Gasteiger partial charge in [-0.25, -0.2) is 4.79 Å². The van der Waals surface area contributed by atoms with E-state index in [1.165, 1.54) is 6.92 Å². The van der Waals surface area contributed by atoms with E-state index in [4.69, 9.17) is 0 Å². The number of hydrogen-bond acceptors (Lipinski definition) is 3. The fraction of sp³-hybridized carbons (Fsp3) is 0.455. The molecule has 1 N–H and O–H groups in total. The molecule has 0 fully saturated rings. The molecule has 15 heavy (non-hydrogen) atoms. The highest BCUT2D eigenvalue weighted by Crippen LogP contribution is 2.04. The lowest BCUT2D eigenvalue weighted by Crippen LogP contribution is -2.28. The van der Waals surface area contributed by atoms with E-state index in [0.717, 1.165) is 12.8 Å². The predicted octanol–water partition coefficient (Wildman–Crippen LogP) is 1.88. The Labute approximate surface area is 89.9 Å². The summed E-state index contributed by atoms with van der Waals surface area (Å²) in [4.78, 5) is 26.6. The lowest BCUT2D eigenvalue weighted by atomic mass is 10.1. The van der Waals surface area contributed by atoms with E-state index in [1.54, 1.807) is 0 Å². The van der Waals surface area contributed by atoms with Gasteiger partial charge in [-0.15, -0.1) is 0 Å². The molecule has 0 aliphatic carbocycles. The Morgan fingerprint density at radius 1 is 1.33 bits per heavy atom. The predicted molar refractivity (Wildman–Crippen MR) is 57.7 cm³/mol. The van der Waals surface area contributed by atoms with Gasteiger partial charge in [-0.3, -0.25) is 4.79 Å². The lowest BCUT2D eigenvalue weighted by Gasteiger charge is -2.06. The summed E-state index contributed by atoms with van der Waals surface area (Å²) < 4.78 is 0. The van der Waals surface area contributed by atoms with Gasteiger partial charge in [0, 0.05) is 11.1 Å². The van der Waals surface area contributed by atoms with Gasteiger partial charge in [0.15, 0.2) is 0 Å². The van der Waals surface area contributed by atoms with Crippen LogP contribution in [0.15, 0.2) is 24.3 Å². The van der Waals surface area contributed by atoms with Crippen molar-refractivity contribution >= 4 is 11.9 Å². The Kier molecular flexibility index (Phi) is 6.09. The highest BCUT2D eigenvalue weighted by Gasteiger charge is 2.09. The summed E-state index contributed by atoms with van der Waals surface area (Å²) in [6, 6.07) is 0. The minimum Gasteiger partial charge on any atom is -0.335 e. The average molecular weight is 211 g/mol. The smallest absolute Gasteiger partial charge is 0.335 e. The van der Waals surface area contributed by atoms with Crippen molar-refractivity contribution in [1.29, 1.82) is 0 Å². The van der Waals surface area contributed by atoms with Crippen molar-refractivity contribution in [2.24, 2.45) is 0 Å². The van der Waals surface area contributed by atoms with E-state index in [2.05, 4.69) is 18.0 Å². The van der Waals surface area contributed by atoms with Gasteiger partial charge in [-0.1, -0.05) is 26.5 Å². The largest absolute Gasteiger partial charge is 0.358 e. The maximum Gasteiger partial charge on any atom is 0.358 e. The maximum absolute atomic E-state index is 11.3. The molecule has 4 nitrogen and oxygen atoms in total. The fourth-order valence-corrected chi connectivity index (χ4v) is 0.756. The van der Waals surface area contributed by atoms with Crippen LogP contribution in [-0.2, 0) is 14.4 Å². The molecule has 0 aromatic rings. The van der Waals surface area contributed by atoms with Crippen molar-refractivity contribution in [2.45, 2.75) is 33.1 Å². The standard InChI is InChI=1S/C11H17NO3/c1-5-6-7-9(4)10(13)12-15-11(14)8(2)3/h2,4-7H2,1,3H3,(H,12,13). The normalized spacial score (nSPS) is 9.20. The van der Waals surface area contributed by atoms with Crippen molar-refractivity contribution < 1.29 is 14.4 Å². The summed E-state index contributed by atoms with van der Waals surface area (Å²) >= 11 is 0. The molecule has 0 aliphatic rings. The Bertz CT molecular complexity index is 282. The zero-order valence-electron chi connectivity index (χ0n) is 9.26. The third kappa shape index (κ3) is 5.67. The molecule has 0 unspecified atom stereocenters. The zero-order valence-corrected chi connectivity index (χ0v) is 9.26. The van der Waals surface area contributed by atoms with Crippen molar-refractivity contribution in [1.82, 2.24) is 5.48 Å². The second kappa shape index (κ2) is 6.81. The van der Waals surface area contributed by atoms with Gasteiger partial charge in [0.1, 0.15) is 0 Å². The first-order valence-electron chi connectivity index (χ1n) is 4.83. The molecule has 0 aromatic carbocycles. The first-order valence-corrected chi connectivity index (χ1v) is 4.83. The van der Waals surface area contributed by atoms with E-state index in [1.807, 2.05) is 12.4 Å². The van der Waals surface area contributed by atoms with E-state index >= 15 is 0 Å². The van der Waals surface area contributed by atoms with E-state index < -0.39 is 11.9 Å². The molecule has 0 rings (SSSR count). The Hall–Kier alpha value is -1.58. The van der Waals surface area contributed by atoms with Gasteiger partial charge in [-0.2, -0.15) is 5.48 Å². The quantitative estimate of drug-likeness (QED) is 0.558. The van der Waals surface area contributed by atoms with Crippen LogP contribution in [0, 0.1) is 0 Å². The second-order valence-electron chi connectivity index (χ2n) is 3.31. The number of carbonyl (C=O) groups excluding carboxylic acids is 2. The molecule has 0 radical (unpaired) electrons. The van der Waals surface area contributed by atoms with Gasteiger partial charge in [-0.05, 0) is 19.8 Å². The first-order chi connectivity index (χ1) is 6.99. The summed E-state index contributed by atoms with van der Waals surface area (Å²) in [7, 11) is 0. The van der Waals surface area contributed by atoms with Crippen LogP contribution in [0.4, 0.5) is 0 Å². The van der Waals surface area contributed by atoms with E-state index in [0.29, 0.717) is 12.0 Å². The molecule has 0 heterocycles. The highest BCUT2D eigenvalue weighted by atomic mass is 16.7. The van der Waals surface area contributed by atoms with Crippen molar-refractivity contribution in [2.75, 3.05) is 0 Å². The zero-order chi connectivity index (χ0) is 11.8. The van der Waals surface area contributed by atoms with Gasteiger partial charge in [0.05, 0.1) is 0 Å². The summed E-state index contributed by atoms with van der Waals surface area (Å²) in [5.74, 6) is -1.11. The minimum atomic E-state index is -0.647. The number of hydroxylamine groups is 1. The van der Waals surface area contributed by atoms with Gasteiger partial charge in [0.2, 0.25) is 0 Å². The summed E-state index contributed by atoms with van der Waals surface area (Å²) in [6.45, 7) is 10.5. The van der Waals surface area contributed by atoms with Crippen LogP contribution in [0.25, 0.3) is 0 Å². The topological polar surface area (TPSA) is 55.4 Å². The second-order valence-corrected chi connectivity index (χ2v) is 3.31. The van der Waals surface area contributed by atoms with Crippen LogP contribution in [0.5, 0.6) is 0 Å². The van der Waals surface area contributed by atoms with Crippen LogP contribution >= 0.6 is 0 Å². The maximum atomic E-state index is 11.3. The molecule has 84 valence electrons. The average Bonchev–Trinajstić information content (AvgIpc) is 2.21. The van der Waals surface area contributed by atoms with Crippen LogP contribution in [0.3, 0.4) is 0 Å². The van der Waals surface area contributed by atoms with Crippen molar-refractivity contribution in [3.8, 4) is 0 Å². The summed E-state index contributed by atoms with van der Waals surface area (Å²) in [6.07, 6.45) is 2.48. The number of amides is 1. The van der Waals surface area contributed by atoms with E-state index in [9.17, 15) is 9.59 Å². The lowest BCUT2D eigenvalue weighted by molar-refractivity contribution is -0.153. The SMILES string of the molecule is C=C(C)C(=O)ONC(=O)C(=C)CCCC. The molecule has 0 atom stereocenters. The third-order valence-electron chi connectivity index (χ3n) is 1.74. The van der Waals surface area contributed by atoms with Gasteiger partial charge in [0.25, 0.3) is 5.91 Å². The number of hydrogen-bond donors (Lipinski definition) is 1. The highest BCUT2D eigenvalue weighted by molar-refractivity contribution is 5.94. The Morgan fingerprint density at radius 2 is 1.93 bits per heavy atom.